The van der Waals surface area contributed by atoms with E-state index in [9.17, 15) is 4.79 Å². The molecule has 2 fully saturated rings. The predicted octanol–water partition coefficient (Wildman–Crippen LogP) is 1.34. The van der Waals surface area contributed by atoms with Crippen molar-refractivity contribution < 1.29 is 9.53 Å². The van der Waals surface area contributed by atoms with Gasteiger partial charge in [-0.05, 0) is 12.1 Å². The average molecular weight is 203 g/mol. The number of aldehydes is 1. The number of anilines is 1. The zero-order valence-corrected chi connectivity index (χ0v) is 8.48. The van der Waals surface area contributed by atoms with Gasteiger partial charge in [0.2, 0.25) is 0 Å². The molecule has 3 heteroatoms. The lowest BCUT2D eigenvalue weighted by atomic mass is 9.77. The van der Waals surface area contributed by atoms with Crippen molar-refractivity contribution in [3.8, 4) is 0 Å². The molecular weight excluding hydrogens is 190 g/mol. The first-order chi connectivity index (χ1) is 7.33. The standard InChI is InChI=1S/C12H13NO2/c14-5-10-3-1-2-4-11(10)13-6-12(7-13)8-15-9-12/h1-5H,6-9H2. The smallest absolute Gasteiger partial charge is 0.152 e. The van der Waals surface area contributed by atoms with Crippen molar-refractivity contribution in [3.63, 3.8) is 0 Å². The number of hydrogen-bond acceptors (Lipinski definition) is 3. The van der Waals surface area contributed by atoms with Gasteiger partial charge in [0, 0.05) is 24.3 Å². The Morgan fingerprint density at radius 2 is 2.00 bits per heavy atom. The van der Waals surface area contributed by atoms with Crippen LogP contribution in [0.4, 0.5) is 5.69 Å². The normalized spacial score (nSPS) is 22.0. The van der Waals surface area contributed by atoms with Gasteiger partial charge in [0.25, 0.3) is 0 Å². The highest BCUT2D eigenvalue weighted by atomic mass is 16.5. The Morgan fingerprint density at radius 3 is 2.60 bits per heavy atom. The monoisotopic (exact) mass is 203 g/mol. The molecule has 2 aliphatic heterocycles. The molecule has 0 radical (unpaired) electrons. The summed E-state index contributed by atoms with van der Waals surface area (Å²) in [6, 6.07) is 7.75. The van der Waals surface area contributed by atoms with E-state index in [0.29, 0.717) is 5.41 Å². The maximum atomic E-state index is 10.9. The lowest BCUT2D eigenvalue weighted by molar-refractivity contribution is -0.127. The van der Waals surface area contributed by atoms with Crippen molar-refractivity contribution in [1.29, 1.82) is 0 Å². The molecule has 0 atom stereocenters. The highest BCUT2D eigenvalue weighted by Crippen LogP contribution is 2.40. The van der Waals surface area contributed by atoms with Crippen molar-refractivity contribution in [1.82, 2.24) is 0 Å². The van der Waals surface area contributed by atoms with Gasteiger partial charge in [0.1, 0.15) is 0 Å². The minimum Gasteiger partial charge on any atom is -0.380 e. The van der Waals surface area contributed by atoms with Gasteiger partial charge in [-0.25, -0.2) is 0 Å². The molecular formula is C12H13NO2. The Morgan fingerprint density at radius 1 is 1.27 bits per heavy atom. The van der Waals surface area contributed by atoms with Gasteiger partial charge >= 0.3 is 0 Å². The van der Waals surface area contributed by atoms with Crippen molar-refractivity contribution in [2.24, 2.45) is 5.41 Å². The minimum absolute atomic E-state index is 0.399. The van der Waals surface area contributed by atoms with E-state index in [1.54, 1.807) is 0 Å². The van der Waals surface area contributed by atoms with Crippen LogP contribution in [0.15, 0.2) is 24.3 Å². The fourth-order valence-corrected chi connectivity index (χ4v) is 2.38. The van der Waals surface area contributed by atoms with Crippen LogP contribution in [0.3, 0.4) is 0 Å². The fraction of sp³-hybridized carbons (Fsp3) is 0.417. The molecule has 0 saturated carbocycles. The molecule has 1 aromatic rings. The first-order valence-corrected chi connectivity index (χ1v) is 5.20. The molecule has 2 saturated heterocycles. The summed E-state index contributed by atoms with van der Waals surface area (Å²) >= 11 is 0. The van der Waals surface area contributed by atoms with E-state index >= 15 is 0 Å². The van der Waals surface area contributed by atoms with Crippen molar-refractivity contribution in [2.45, 2.75) is 0 Å². The van der Waals surface area contributed by atoms with Gasteiger partial charge in [-0.3, -0.25) is 4.79 Å². The van der Waals surface area contributed by atoms with Crippen LogP contribution in [-0.2, 0) is 4.74 Å². The second kappa shape index (κ2) is 3.07. The maximum absolute atomic E-state index is 10.9. The third-order valence-corrected chi connectivity index (χ3v) is 3.27. The Bertz CT molecular complexity index is 390. The van der Waals surface area contributed by atoms with Crippen LogP contribution in [0.1, 0.15) is 10.4 Å². The highest BCUT2D eigenvalue weighted by molar-refractivity contribution is 5.85. The zero-order valence-electron chi connectivity index (χ0n) is 8.48. The predicted molar refractivity (Wildman–Crippen MR) is 57.3 cm³/mol. The Labute approximate surface area is 88.6 Å². The van der Waals surface area contributed by atoms with Crippen LogP contribution in [0, 0.1) is 5.41 Å². The van der Waals surface area contributed by atoms with Gasteiger partial charge in [-0.15, -0.1) is 0 Å². The lowest BCUT2D eigenvalue weighted by Gasteiger charge is -2.56. The van der Waals surface area contributed by atoms with Gasteiger partial charge < -0.3 is 9.64 Å². The number of ether oxygens (including phenoxy) is 1. The molecule has 0 unspecified atom stereocenters. The number of para-hydroxylation sites is 1. The Kier molecular flexibility index (Phi) is 1.83. The van der Waals surface area contributed by atoms with E-state index in [2.05, 4.69) is 4.90 Å². The molecule has 78 valence electrons. The third kappa shape index (κ3) is 1.27. The van der Waals surface area contributed by atoms with E-state index in [1.807, 2.05) is 24.3 Å². The maximum Gasteiger partial charge on any atom is 0.152 e. The molecule has 0 aromatic heterocycles. The molecule has 3 rings (SSSR count). The van der Waals surface area contributed by atoms with Gasteiger partial charge in [-0.2, -0.15) is 0 Å². The second-order valence-electron chi connectivity index (χ2n) is 4.53. The summed E-state index contributed by atoms with van der Waals surface area (Å²) in [5.74, 6) is 0. The molecule has 0 aliphatic carbocycles. The van der Waals surface area contributed by atoms with Gasteiger partial charge in [-0.1, -0.05) is 12.1 Å². The van der Waals surface area contributed by atoms with Crippen LogP contribution in [0.25, 0.3) is 0 Å². The molecule has 15 heavy (non-hydrogen) atoms. The first-order valence-electron chi connectivity index (χ1n) is 5.20. The largest absolute Gasteiger partial charge is 0.380 e. The van der Waals surface area contributed by atoms with E-state index < -0.39 is 0 Å². The Hall–Kier alpha value is -1.35. The number of carbonyl (C=O) groups is 1. The summed E-state index contributed by atoms with van der Waals surface area (Å²) in [6.07, 6.45) is 0.928. The number of carbonyl (C=O) groups excluding carboxylic acids is 1. The molecule has 1 aromatic carbocycles. The molecule has 0 amide bonds. The summed E-state index contributed by atoms with van der Waals surface area (Å²) in [5.41, 5.74) is 2.24. The van der Waals surface area contributed by atoms with Crippen molar-refractivity contribution in [3.05, 3.63) is 29.8 Å². The molecule has 0 bridgehead atoms. The summed E-state index contributed by atoms with van der Waals surface area (Å²) in [5, 5.41) is 0. The minimum atomic E-state index is 0.399. The van der Waals surface area contributed by atoms with E-state index in [0.717, 1.165) is 43.8 Å². The first kappa shape index (κ1) is 8.92. The topological polar surface area (TPSA) is 29.5 Å². The van der Waals surface area contributed by atoms with E-state index in [1.165, 1.54) is 0 Å². The fourth-order valence-electron chi connectivity index (χ4n) is 2.38. The van der Waals surface area contributed by atoms with Gasteiger partial charge in [0.05, 0.1) is 18.6 Å². The molecule has 1 spiro atoms. The molecule has 0 N–H and O–H groups in total. The second-order valence-corrected chi connectivity index (χ2v) is 4.53. The highest BCUT2D eigenvalue weighted by Gasteiger charge is 2.49. The van der Waals surface area contributed by atoms with Crippen LogP contribution >= 0.6 is 0 Å². The van der Waals surface area contributed by atoms with E-state index in [-0.39, 0.29) is 0 Å². The molecule has 2 aliphatic rings. The van der Waals surface area contributed by atoms with Crippen molar-refractivity contribution >= 4 is 12.0 Å². The third-order valence-electron chi connectivity index (χ3n) is 3.27. The van der Waals surface area contributed by atoms with Crippen LogP contribution in [0.5, 0.6) is 0 Å². The summed E-state index contributed by atoms with van der Waals surface area (Å²) in [6.45, 7) is 3.81. The average Bonchev–Trinajstić information content (AvgIpc) is 2.14. The summed E-state index contributed by atoms with van der Waals surface area (Å²) in [7, 11) is 0. The number of rotatable bonds is 2. The number of nitrogens with zero attached hydrogens (tertiary/aromatic N) is 1. The number of benzene rings is 1. The zero-order chi connectivity index (χ0) is 10.3. The van der Waals surface area contributed by atoms with Crippen molar-refractivity contribution in [2.75, 3.05) is 31.2 Å². The Balaban J connectivity index is 1.80. The van der Waals surface area contributed by atoms with Crippen LogP contribution < -0.4 is 4.90 Å². The summed E-state index contributed by atoms with van der Waals surface area (Å²) < 4.78 is 5.22. The lowest BCUT2D eigenvalue weighted by Crippen LogP contribution is -2.66. The van der Waals surface area contributed by atoms with Crippen LogP contribution in [0.2, 0.25) is 0 Å². The van der Waals surface area contributed by atoms with Crippen LogP contribution in [-0.4, -0.2) is 32.6 Å². The molecule has 2 heterocycles. The summed E-state index contributed by atoms with van der Waals surface area (Å²) in [4.78, 5) is 13.1. The van der Waals surface area contributed by atoms with E-state index in [4.69, 9.17) is 4.74 Å². The van der Waals surface area contributed by atoms with Gasteiger partial charge in [0.15, 0.2) is 6.29 Å². The molecule has 3 nitrogen and oxygen atoms in total. The quantitative estimate of drug-likeness (QED) is 0.679. The number of hydrogen-bond donors (Lipinski definition) is 0. The SMILES string of the molecule is O=Cc1ccccc1N1CC2(COC2)C1.